The van der Waals surface area contributed by atoms with Crippen LogP contribution in [0.2, 0.25) is 0 Å². The molecule has 0 bridgehead atoms. The van der Waals surface area contributed by atoms with Gasteiger partial charge in [0.05, 0.1) is 7.11 Å². The Morgan fingerprint density at radius 1 is 1.11 bits per heavy atom. The van der Waals surface area contributed by atoms with Gasteiger partial charge in [-0.1, -0.05) is 31.9 Å². The molecule has 0 radical (unpaired) electrons. The maximum Gasteiger partial charge on any atom is 0.260 e. The summed E-state index contributed by atoms with van der Waals surface area (Å²) in [6.45, 7) is 2.61. The maximum atomic E-state index is 12.7. The van der Waals surface area contributed by atoms with Crippen LogP contribution in [0.1, 0.15) is 51.9 Å². The second-order valence-electron chi connectivity index (χ2n) is 7.94. The molecule has 1 aromatic rings. The number of para-hydroxylation sites is 2. The molecular formula is C22H32N2O4. The molecule has 0 spiro atoms. The van der Waals surface area contributed by atoms with Gasteiger partial charge in [0.15, 0.2) is 18.1 Å². The number of nitrogens with zero attached hydrogens (tertiary/aromatic N) is 1. The van der Waals surface area contributed by atoms with E-state index in [-0.39, 0.29) is 30.5 Å². The lowest BCUT2D eigenvalue weighted by Gasteiger charge is -2.30. The van der Waals surface area contributed by atoms with E-state index >= 15 is 0 Å². The first-order valence-corrected chi connectivity index (χ1v) is 10.4. The van der Waals surface area contributed by atoms with Crippen LogP contribution in [0.3, 0.4) is 0 Å². The average molecular weight is 389 g/mol. The standard InChI is InChI=1S/C22H32N2O4/c1-16-7-3-4-8-18(16)23-21(25)13-14-24(17-11-12-17)22(26)15-28-20-10-6-5-9-19(20)27-2/h5-6,9-10,16-18H,3-4,7-8,11-15H2,1-2H3,(H,23,25). The number of nitrogens with one attached hydrogen (secondary N) is 1. The van der Waals surface area contributed by atoms with Crippen LogP contribution in [0.5, 0.6) is 11.5 Å². The molecule has 2 saturated carbocycles. The summed E-state index contributed by atoms with van der Waals surface area (Å²) >= 11 is 0. The summed E-state index contributed by atoms with van der Waals surface area (Å²) in [7, 11) is 1.58. The molecule has 154 valence electrons. The summed E-state index contributed by atoms with van der Waals surface area (Å²) in [5, 5.41) is 3.17. The van der Waals surface area contributed by atoms with Crippen LogP contribution in [-0.2, 0) is 9.59 Å². The highest BCUT2D eigenvalue weighted by atomic mass is 16.5. The second-order valence-corrected chi connectivity index (χ2v) is 7.94. The van der Waals surface area contributed by atoms with Crippen molar-refractivity contribution in [2.75, 3.05) is 20.3 Å². The third-order valence-electron chi connectivity index (χ3n) is 5.77. The molecule has 2 fully saturated rings. The minimum atomic E-state index is -0.0766. The number of carbonyl (C=O) groups is 2. The van der Waals surface area contributed by atoms with Crippen molar-refractivity contribution in [3.8, 4) is 11.5 Å². The van der Waals surface area contributed by atoms with E-state index in [0.717, 1.165) is 19.3 Å². The number of ether oxygens (including phenoxy) is 2. The summed E-state index contributed by atoms with van der Waals surface area (Å²) in [4.78, 5) is 26.9. The van der Waals surface area contributed by atoms with Crippen molar-refractivity contribution in [1.29, 1.82) is 0 Å². The fourth-order valence-electron chi connectivity index (χ4n) is 3.89. The fourth-order valence-corrected chi connectivity index (χ4v) is 3.89. The molecule has 2 aliphatic rings. The molecule has 6 heteroatoms. The maximum absolute atomic E-state index is 12.7. The van der Waals surface area contributed by atoms with Gasteiger partial charge in [0.25, 0.3) is 5.91 Å². The largest absolute Gasteiger partial charge is 0.493 e. The van der Waals surface area contributed by atoms with Gasteiger partial charge in [-0.3, -0.25) is 9.59 Å². The van der Waals surface area contributed by atoms with Gasteiger partial charge in [0.1, 0.15) is 0 Å². The predicted molar refractivity (Wildman–Crippen MR) is 107 cm³/mol. The molecular weight excluding hydrogens is 356 g/mol. The van der Waals surface area contributed by atoms with Gasteiger partial charge in [-0.05, 0) is 43.7 Å². The minimum absolute atomic E-state index is 0.0435. The molecule has 2 aliphatic carbocycles. The molecule has 0 saturated heterocycles. The third-order valence-corrected chi connectivity index (χ3v) is 5.77. The summed E-state index contributed by atoms with van der Waals surface area (Å²) in [6.07, 6.45) is 7.03. The zero-order chi connectivity index (χ0) is 19.9. The Kier molecular flexibility index (Phi) is 7.18. The van der Waals surface area contributed by atoms with Crippen LogP contribution in [-0.4, -0.2) is 49.1 Å². The van der Waals surface area contributed by atoms with Crippen molar-refractivity contribution in [2.24, 2.45) is 5.92 Å². The van der Waals surface area contributed by atoms with Crippen molar-refractivity contribution < 1.29 is 19.1 Å². The lowest BCUT2D eigenvalue weighted by molar-refractivity contribution is -0.134. The van der Waals surface area contributed by atoms with E-state index in [2.05, 4.69) is 12.2 Å². The highest BCUT2D eigenvalue weighted by Crippen LogP contribution is 2.29. The Hall–Kier alpha value is -2.24. The number of benzene rings is 1. The lowest BCUT2D eigenvalue weighted by atomic mass is 9.86. The van der Waals surface area contributed by atoms with Crippen LogP contribution in [0.25, 0.3) is 0 Å². The molecule has 0 aromatic heterocycles. The van der Waals surface area contributed by atoms with Gasteiger partial charge in [0.2, 0.25) is 5.91 Å². The molecule has 0 aliphatic heterocycles. The topological polar surface area (TPSA) is 67.9 Å². The average Bonchev–Trinajstić information content (AvgIpc) is 3.53. The van der Waals surface area contributed by atoms with Crippen molar-refractivity contribution >= 4 is 11.8 Å². The predicted octanol–water partition coefficient (Wildman–Crippen LogP) is 3.15. The van der Waals surface area contributed by atoms with Crippen LogP contribution in [0.4, 0.5) is 0 Å². The summed E-state index contributed by atoms with van der Waals surface area (Å²) in [6, 6.07) is 7.81. The lowest BCUT2D eigenvalue weighted by Crippen LogP contribution is -2.43. The van der Waals surface area contributed by atoms with E-state index in [9.17, 15) is 9.59 Å². The molecule has 1 aromatic carbocycles. The summed E-state index contributed by atoms with van der Waals surface area (Å²) in [5.74, 6) is 1.66. The molecule has 1 N–H and O–H groups in total. The number of amides is 2. The van der Waals surface area contributed by atoms with Crippen LogP contribution in [0.15, 0.2) is 24.3 Å². The third kappa shape index (κ3) is 5.63. The van der Waals surface area contributed by atoms with Crippen LogP contribution < -0.4 is 14.8 Å². The van der Waals surface area contributed by atoms with Gasteiger partial charge < -0.3 is 19.7 Å². The molecule has 0 heterocycles. The summed E-state index contributed by atoms with van der Waals surface area (Å²) < 4.78 is 10.9. The van der Waals surface area contributed by atoms with E-state index in [1.807, 2.05) is 12.1 Å². The first-order chi connectivity index (χ1) is 13.6. The zero-order valence-corrected chi connectivity index (χ0v) is 17.0. The van der Waals surface area contributed by atoms with Gasteiger partial charge in [0, 0.05) is 25.0 Å². The smallest absolute Gasteiger partial charge is 0.260 e. The molecule has 2 atom stereocenters. The number of carbonyl (C=O) groups excluding carboxylic acids is 2. The quantitative estimate of drug-likeness (QED) is 0.706. The Bertz CT molecular complexity index is 674. The Morgan fingerprint density at radius 2 is 1.82 bits per heavy atom. The van der Waals surface area contributed by atoms with E-state index in [1.54, 1.807) is 24.1 Å². The van der Waals surface area contributed by atoms with Crippen LogP contribution in [0, 0.1) is 5.92 Å². The molecule has 2 amide bonds. The van der Waals surface area contributed by atoms with Crippen molar-refractivity contribution in [3.05, 3.63) is 24.3 Å². The zero-order valence-electron chi connectivity index (χ0n) is 17.0. The Labute approximate surface area is 167 Å². The second kappa shape index (κ2) is 9.80. The van der Waals surface area contributed by atoms with E-state index in [4.69, 9.17) is 9.47 Å². The first-order valence-electron chi connectivity index (χ1n) is 10.4. The van der Waals surface area contributed by atoms with Gasteiger partial charge in [-0.25, -0.2) is 0 Å². The SMILES string of the molecule is COc1ccccc1OCC(=O)N(CCC(=O)NC1CCCCC1C)C1CC1. The van der Waals surface area contributed by atoms with Crippen molar-refractivity contribution in [2.45, 2.75) is 64.0 Å². The molecule has 6 nitrogen and oxygen atoms in total. The number of hydrogen-bond acceptors (Lipinski definition) is 4. The Balaban J connectivity index is 1.47. The van der Waals surface area contributed by atoms with E-state index in [1.165, 1.54) is 19.3 Å². The highest BCUT2D eigenvalue weighted by molar-refractivity contribution is 5.80. The highest BCUT2D eigenvalue weighted by Gasteiger charge is 2.33. The van der Waals surface area contributed by atoms with Crippen molar-refractivity contribution in [3.63, 3.8) is 0 Å². The number of hydrogen-bond donors (Lipinski definition) is 1. The fraction of sp³-hybridized carbons (Fsp3) is 0.636. The normalized spacial score (nSPS) is 21.6. The van der Waals surface area contributed by atoms with E-state index in [0.29, 0.717) is 30.4 Å². The Morgan fingerprint density at radius 3 is 2.50 bits per heavy atom. The molecule has 28 heavy (non-hydrogen) atoms. The van der Waals surface area contributed by atoms with Crippen LogP contribution >= 0.6 is 0 Å². The first kappa shape index (κ1) is 20.5. The molecule has 3 rings (SSSR count). The van der Waals surface area contributed by atoms with E-state index < -0.39 is 0 Å². The van der Waals surface area contributed by atoms with Gasteiger partial charge in [-0.2, -0.15) is 0 Å². The van der Waals surface area contributed by atoms with Gasteiger partial charge in [-0.15, -0.1) is 0 Å². The monoisotopic (exact) mass is 388 g/mol. The summed E-state index contributed by atoms with van der Waals surface area (Å²) in [5.41, 5.74) is 0. The van der Waals surface area contributed by atoms with Gasteiger partial charge >= 0.3 is 0 Å². The molecule has 2 unspecified atom stereocenters. The number of rotatable bonds is 9. The minimum Gasteiger partial charge on any atom is -0.493 e. The van der Waals surface area contributed by atoms with Crippen molar-refractivity contribution in [1.82, 2.24) is 10.2 Å². The number of methoxy groups -OCH3 is 1.